The van der Waals surface area contributed by atoms with Crippen LogP contribution in [0.15, 0.2) is 24.3 Å². The molecule has 18 heavy (non-hydrogen) atoms. The van der Waals surface area contributed by atoms with Crippen LogP contribution in [-0.4, -0.2) is 36.6 Å². The van der Waals surface area contributed by atoms with E-state index < -0.39 is 12.1 Å². The van der Waals surface area contributed by atoms with Gasteiger partial charge < -0.3 is 10.1 Å². The molecule has 1 atom stereocenters. The highest BCUT2D eigenvalue weighted by molar-refractivity contribution is 5.98. The molecule has 1 unspecified atom stereocenters. The Hall–Kier alpha value is -2.55. The second-order valence-electron chi connectivity index (χ2n) is 3.85. The first-order valence-electron chi connectivity index (χ1n) is 5.33. The van der Waals surface area contributed by atoms with Gasteiger partial charge in [-0.2, -0.15) is 5.26 Å². The third kappa shape index (κ3) is 2.11. The van der Waals surface area contributed by atoms with Crippen LogP contribution in [0.25, 0.3) is 0 Å². The van der Waals surface area contributed by atoms with Crippen molar-refractivity contribution in [2.45, 2.75) is 6.04 Å². The molecule has 1 N–H and O–H groups in total. The number of nitrogens with zero attached hydrogens (tertiary/aromatic N) is 2. The first-order valence-corrected chi connectivity index (χ1v) is 5.33. The minimum absolute atomic E-state index is 0.0237. The summed E-state index contributed by atoms with van der Waals surface area (Å²) >= 11 is 0. The number of hydrogen-bond acceptors (Lipinski definition) is 4. The average molecular weight is 245 g/mol. The molecule has 6 heteroatoms. The van der Waals surface area contributed by atoms with Gasteiger partial charge in [-0.15, -0.1) is 0 Å². The fraction of sp³-hybridized carbons (Fsp3) is 0.250. The lowest BCUT2D eigenvalue weighted by Crippen LogP contribution is -2.40. The zero-order valence-electron chi connectivity index (χ0n) is 9.71. The van der Waals surface area contributed by atoms with Gasteiger partial charge in [0.2, 0.25) is 0 Å². The molecule has 0 aromatic heterocycles. The molecule has 1 aromatic carbocycles. The summed E-state index contributed by atoms with van der Waals surface area (Å²) in [5.74, 6) is -0.369. The minimum Gasteiger partial charge on any atom is -0.447 e. The Morgan fingerprint density at radius 3 is 2.89 bits per heavy atom. The van der Waals surface area contributed by atoms with Crippen LogP contribution in [0.1, 0.15) is 5.56 Å². The Labute approximate surface area is 104 Å². The second kappa shape index (κ2) is 4.75. The zero-order valence-corrected chi connectivity index (χ0v) is 9.71. The van der Waals surface area contributed by atoms with Crippen molar-refractivity contribution in [3.05, 3.63) is 29.8 Å². The largest absolute Gasteiger partial charge is 0.447 e. The standard InChI is InChI=1S/C12H11N3O3/c1-15-10(7-18-12(15)17)11(16)14-9-5-3-2-4-8(9)6-13/h2-5,10H,7H2,1H3,(H,14,16). The van der Waals surface area contributed by atoms with Gasteiger partial charge in [0.15, 0.2) is 0 Å². The maximum atomic E-state index is 11.9. The van der Waals surface area contributed by atoms with Gasteiger partial charge in [-0.3, -0.25) is 9.69 Å². The summed E-state index contributed by atoms with van der Waals surface area (Å²) in [5.41, 5.74) is 0.802. The van der Waals surface area contributed by atoms with Gasteiger partial charge in [0.25, 0.3) is 5.91 Å². The van der Waals surface area contributed by atoms with E-state index in [-0.39, 0.29) is 12.5 Å². The lowest BCUT2D eigenvalue weighted by molar-refractivity contribution is -0.119. The fourth-order valence-electron chi connectivity index (χ4n) is 1.65. The molecule has 0 saturated carbocycles. The van der Waals surface area contributed by atoms with Gasteiger partial charge in [0.1, 0.15) is 18.7 Å². The molecule has 1 aliphatic heterocycles. The minimum atomic E-state index is -0.663. The predicted molar refractivity (Wildman–Crippen MR) is 62.7 cm³/mol. The number of ether oxygens (including phenoxy) is 1. The second-order valence-corrected chi connectivity index (χ2v) is 3.85. The number of likely N-dealkylation sites (N-methyl/N-ethyl adjacent to an activating group) is 1. The molecule has 1 aromatic rings. The van der Waals surface area contributed by atoms with Crippen LogP contribution in [0.4, 0.5) is 10.5 Å². The molecule has 92 valence electrons. The molecule has 1 fully saturated rings. The maximum absolute atomic E-state index is 11.9. The Morgan fingerprint density at radius 2 is 2.28 bits per heavy atom. The quantitative estimate of drug-likeness (QED) is 0.840. The van der Waals surface area contributed by atoms with E-state index in [1.165, 1.54) is 11.9 Å². The molecule has 0 radical (unpaired) electrons. The number of amides is 2. The van der Waals surface area contributed by atoms with Crippen molar-refractivity contribution in [3.63, 3.8) is 0 Å². The van der Waals surface area contributed by atoms with Crippen LogP contribution >= 0.6 is 0 Å². The number of nitriles is 1. The number of hydrogen-bond donors (Lipinski definition) is 1. The van der Waals surface area contributed by atoms with E-state index in [0.29, 0.717) is 11.3 Å². The van der Waals surface area contributed by atoms with Gasteiger partial charge in [0, 0.05) is 7.05 Å². The van der Waals surface area contributed by atoms with E-state index in [4.69, 9.17) is 10.00 Å². The van der Waals surface area contributed by atoms with Crippen LogP contribution in [-0.2, 0) is 9.53 Å². The van der Waals surface area contributed by atoms with E-state index in [2.05, 4.69) is 5.32 Å². The zero-order chi connectivity index (χ0) is 13.1. The van der Waals surface area contributed by atoms with Gasteiger partial charge in [-0.1, -0.05) is 12.1 Å². The molecule has 0 aliphatic carbocycles. The number of anilines is 1. The van der Waals surface area contributed by atoms with Crippen LogP contribution in [0.2, 0.25) is 0 Å². The van der Waals surface area contributed by atoms with E-state index in [0.717, 1.165) is 0 Å². The fourth-order valence-corrected chi connectivity index (χ4v) is 1.65. The van der Waals surface area contributed by atoms with Crippen LogP contribution in [0.5, 0.6) is 0 Å². The number of cyclic esters (lactones) is 1. The molecule has 2 amide bonds. The Bertz CT molecular complexity index is 536. The monoisotopic (exact) mass is 245 g/mol. The number of benzene rings is 1. The maximum Gasteiger partial charge on any atom is 0.410 e. The van der Waals surface area contributed by atoms with Crippen molar-refractivity contribution in [2.75, 3.05) is 19.0 Å². The average Bonchev–Trinajstić information content (AvgIpc) is 2.71. The normalized spacial score (nSPS) is 18.1. The lowest BCUT2D eigenvalue weighted by atomic mass is 10.2. The summed E-state index contributed by atoms with van der Waals surface area (Å²) in [6, 6.07) is 7.99. The van der Waals surface area contributed by atoms with Crippen molar-refractivity contribution in [1.82, 2.24) is 4.90 Å². The number of carbonyl (C=O) groups excluding carboxylic acids is 2. The molecule has 2 rings (SSSR count). The number of nitrogens with one attached hydrogen (secondary N) is 1. The Morgan fingerprint density at radius 1 is 1.56 bits per heavy atom. The van der Waals surface area contributed by atoms with E-state index in [9.17, 15) is 9.59 Å². The first kappa shape index (κ1) is 11.9. The van der Waals surface area contributed by atoms with Gasteiger partial charge in [-0.25, -0.2) is 4.79 Å². The topological polar surface area (TPSA) is 82.4 Å². The summed E-state index contributed by atoms with van der Waals surface area (Å²) in [6.45, 7) is 0.0237. The van der Waals surface area contributed by atoms with Crippen molar-refractivity contribution < 1.29 is 14.3 Å². The number of para-hydroxylation sites is 1. The Kier molecular flexibility index (Phi) is 3.15. The van der Waals surface area contributed by atoms with Gasteiger partial charge >= 0.3 is 6.09 Å². The number of carbonyl (C=O) groups is 2. The molecular formula is C12H11N3O3. The molecule has 0 spiro atoms. The highest BCUT2D eigenvalue weighted by Gasteiger charge is 2.35. The lowest BCUT2D eigenvalue weighted by Gasteiger charge is -2.16. The molecule has 0 bridgehead atoms. The summed E-state index contributed by atoms with van der Waals surface area (Å²) in [7, 11) is 1.50. The van der Waals surface area contributed by atoms with E-state index in [1.54, 1.807) is 24.3 Å². The molecule has 1 aliphatic rings. The van der Waals surface area contributed by atoms with E-state index in [1.807, 2.05) is 6.07 Å². The van der Waals surface area contributed by atoms with E-state index >= 15 is 0 Å². The van der Waals surface area contributed by atoms with Crippen molar-refractivity contribution >= 4 is 17.7 Å². The summed E-state index contributed by atoms with van der Waals surface area (Å²) in [4.78, 5) is 24.3. The SMILES string of the molecule is CN1C(=O)OCC1C(=O)Nc1ccccc1C#N. The van der Waals surface area contributed by atoms with Crippen molar-refractivity contribution in [2.24, 2.45) is 0 Å². The van der Waals surface area contributed by atoms with Crippen LogP contribution in [0.3, 0.4) is 0 Å². The first-order chi connectivity index (χ1) is 8.63. The third-order valence-corrected chi connectivity index (χ3v) is 2.73. The van der Waals surface area contributed by atoms with Gasteiger partial charge in [-0.05, 0) is 12.1 Å². The van der Waals surface area contributed by atoms with Crippen LogP contribution < -0.4 is 5.32 Å². The summed E-state index contributed by atoms with van der Waals surface area (Å²) < 4.78 is 4.75. The van der Waals surface area contributed by atoms with Gasteiger partial charge in [0.05, 0.1) is 11.3 Å². The highest BCUT2D eigenvalue weighted by Crippen LogP contribution is 2.16. The summed E-state index contributed by atoms with van der Waals surface area (Å²) in [6.07, 6.45) is -0.524. The smallest absolute Gasteiger partial charge is 0.410 e. The van der Waals surface area contributed by atoms with Crippen molar-refractivity contribution in [1.29, 1.82) is 5.26 Å². The predicted octanol–water partition coefficient (Wildman–Crippen LogP) is 0.947. The highest BCUT2D eigenvalue weighted by atomic mass is 16.6. The number of rotatable bonds is 2. The molecule has 1 saturated heterocycles. The molecular weight excluding hydrogens is 234 g/mol. The van der Waals surface area contributed by atoms with Crippen molar-refractivity contribution in [3.8, 4) is 6.07 Å². The van der Waals surface area contributed by atoms with Crippen LogP contribution in [0, 0.1) is 11.3 Å². The molecule has 1 heterocycles. The third-order valence-electron chi connectivity index (χ3n) is 2.73. The Balaban J connectivity index is 2.13. The summed E-state index contributed by atoms with van der Waals surface area (Å²) in [5, 5.41) is 11.5. The molecule has 6 nitrogen and oxygen atoms in total.